The Morgan fingerprint density at radius 1 is 0.758 bits per heavy atom. The molecule has 0 aromatic heterocycles. The summed E-state index contributed by atoms with van der Waals surface area (Å²) in [6.07, 6.45) is 3.31. The summed E-state index contributed by atoms with van der Waals surface area (Å²) in [7, 11) is 1.67. The molecule has 167 valence electrons. The van der Waals surface area contributed by atoms with Crippen LogP contribution in [0.1, 0.15) is 38.8 Å². The van der Waals surface area contributed by atoms with Crippen LogP contribution in [0.2, 0.25) is 0 Å². The van der Waals surface area contributed by atoms with Crippen molar-refractivity contribution in [3.63, 3.8) is 0 Å². The standard InChI is InChI=1S/C28H30BN2O2/c1-27(2,32)28(3,4)33-29-24-15-9-13-22(19-24)21-12-8-14-23(18-21)26(31)17-16-25(30)20-10-6-5-7-11-20/h5-19,30-32H,1-4H3/b17-16-,30-25?,31-26?. The van der Waals surface area contributed by atoms with Crippen molar-refractivity contribution in [1.82, 2.24) is 0 Å². The van der Waals surface area contributed by atoms with Gasteiger partial charge in [0.2, 0.25) is 0 Å². The lowest BCUT2D eigenvalue weighted by Gasteiger charge is -2.37. The van der Waals surface area contributed by atoms with E-state index in [1.807, 2.05) is 92.7 Å². The molecule has 1 radical (unpaired) electrons. The second-order valence-electron chi connectivity index (χ2n) is 9.04. The Morgan fingerprint density at radius 2 is 1.30 bits per heavy atom. The fraction of sp³-hybridized carbons (Fsp3) is 0.214. The third kappa shape index (κ3) is 6.38. The smallest absolute Gasteiger partial charge is 0.330 e. The summed E-state index contributed by atoms with van der Waals surface area (Å²) in [6.45, 7) is 7.17. The first kappa shape index (κ1) is 24.4. The summed E-state index contributed by atoms with van der Waals surface area (Å²) in [6, 6.07) is 25.2. The number of aliphatic hydroxyl groups is 1. The average Bonchev–Trinajstić information content (AvgIpc) is 2.81. The molecule has 0 saturated heterocycles. The molecule has 5 heteroatoms. The number of allylic oxidation sites excluding steroid dienone is 2. The zero-order valence-electron chi connectivity index (χ0n) is 19.6. The highest BCUT2D eigenvalue weighted by Gasteiger charge is 2.35. The topological polar surface area (TPSA) is 77.2 Å². The van der Waals surface area contributed by atoms with Crippen LogP contribution in [0, 0.1) is 10.8 Å². The van der Waals surface area contributed by atoms with Crippen molar-refractivity contribution in [2.45, 2.75) is 38.9 Å². The van der Waals surface area contributed by atoms with Crippen LogP contribution in [0.4, 0.5) is 0 Å². The van der Waals surface area contributed by atoms with Gasteiger partial charge < -0.3 is 20.6 Å². The van der Waals surface area contributed by atoms with Gasteiger partial charge in [0.1, 0.15) is 0 Å². The fourth-order valence-electron chi connectivity index (χ4n) is 2.99. The molecule has 0 aliphatic rings. The van der Waals surface area contributed by atoms with Gasteiger partial charge in [0.05, 0.1) is 22.6 Å². The molecule has 33 heavy (non-hydrogen) atoms. The molecule has 4 nitrogen and oxygen atoms in total. The van der Waals surface area contributed by atoms with Gasteiger partial charge in [0.25, 0.3) is 0 Å². The van der Waals surface area contributed by atoms with Crippen molar-refractivity contribution in [3.05, 3.63) is 102 Å². The van der Waals surface area contributed by atoms with Crippen molar-refractivity contribution in [2.24, 2.45) is 0 Å². The van der Waals surface area contributed by atoms with Gasteiger partial charge in [-0.25, -0.2) is 0 Å². The molecule has 3 N–H and O–H groups in total. The number of rotatable bonds is 9. The molecule has 0 aliphatic heterocycles. The van der Waals surface area contributed by atoms with E-state index in [4.69, 9.17) is 15.5 Å². The molecular weight excluding hydrogens is 407 g/mol. The minimum Gasteiger partial charge on any atom is -0.427 e. The van der Waals surface area contributed by atoms with Crippen molar-refractivity contribution >= 4 is 24.4 Å². The predicted molar refractivity (Wildman–Crippen MR) is 138 cm³/mol. The largest absolute Gasteiger partial charge is 0.427 e. The van der Waals surface area contributed by atoms with Crippen LogP contribution in [0.5, 0.6) is 0 Å². The van der Waals surface area contributed by atoms with Crippen LogP contribution in [0.25, 0.3) is 11.1 Å². The third-order valence-electron chi connectivity index (χ3n) is 5.86. The van der Waals surface area contributed by atoms with E-state index in [2.05, 4.69) is 0 Å². The van der Waals surface area contributed by atoms with Crippen LogP contribution in [-0.4, -0.2) is 35.2 Å². The first-order chi connectivity index (χ1) is 15.6. The maximum Gasteiger partial charge on any atom is 0.330 e. The highest BCUT2D eigenvalue weighted by atomic mass is 16.5. The summed E-state index contributed by atoms with van der Waals surface area (Å²) in [5.41, 5.74) is 3.46. The van der Waals surface area contributed by atoms with E-state index in [0.717, 1.165) is 27.7 Å². The molecule has 3 aromatic rings. The summed E-state index contributed by atoms with van der Waals surface area (Å²) in [5, 5.41) is 26.9. The molecule has 0 amide bonds. The molecule has 0 fully saturated rings. The first-order valence-electron chi connectivity index (χ1n) is 10.9. The molecule has 0 unspecified atom stereocenters. The predicted octanol–water partition coefficient (Wildman–Crippen LogP) is 5.16. The van der Waals surface area contributed by atoms with E-state index in [-0.39, 0.29) is 0 Å². The van der Waals surface area contributed by atoms with E-state index in [9.17, 15) is 5.11 Å². The molecular formula is C28H30BN2O2. The van der Waals surface area contributed by atoms with Gasteiger partial charge in [-0.3, -0.25) is 0 Å². The Balaban J connectivity index is 1.74. The Morgan fingerprint density at radius 3 is 1.94 bits per heavy atom. The average molecular weight is 437 g/mol. The molecule has 0 saturated carbocycles. The zero-order chi connectivity index (χ0) is 24.1. The lowest BCUT2D eigenvalue weighted by atomic mass is 9.81. The summed E-state index contributed by atoms with van der Waals surface area (Å²) < 4.78 is 5.89. The number of hydrogen-bond donors (Lipinski definition) is 3. The van der Waals surface area contributed by atoms with Crippen LogP contribution >= 0.6 is 0 Å². The van der Waals surface area contributed by atoms with Gasteiger partial charge >= 0.3 is 7.48 Å². The van der Waals surface area contributed by atoms with E-state index in [0.29, 0.717) is 11.4 Å². The lowest BCUT2D eigenvalue weighted by molar-refractivity contribution is -0.0893. The first-order valence-corrected chi connectivity index (χ1v) is 10.9. The molecule has 0 spiro atoms. The van der Waals surface area contributed by atoms with Crippen molar-refractivity contribution < 1.29 is 9.76 Å². The van der Waals surface area contributed by atoms with Gasteiger partial charge in [0.15, 0.2) is 0 Å². The van der Waals surface area contributed by atoms with Gasteiger partial charge in [-0.05, 0) is 68.2 Å². The Kier molecular flexibility index (Phi) is 7.47. The highest BCUT2D eigenvalue weighted by molar-refractivity contribution is 6.47. The summed E-state index contributed by atoms with van der Waals surface area (Å²) in [5.74, 6) is 0. The number of benzene rings is 3. The maximum atomic E-state index is 10.3. The molecule has 3 aromatic carbocycles. The Labute approximate surface area is 197 Å². The molecule has 0 heterocycles. The van der Waals surface area contributed by atoms with Crippen molar-refractivity contribution in [3.8, 4) is 11.1 Å². The number of hydrogen-bond acceptors (Lipinski definition) is 4. The molecule has 3 rings (SSSR count). The van der Waals surface area contributed by atoms with Crippen molar-refractivity contribution in [1.29, 1.82) is 10.8 Å². The van der Waals surface area contributed by atoms with Gasteiger partial charge in [-0.2, -0.15) is 0 Å². The SMILES string of the molecule is CC(C)(O)C(C)(C)O[B]c1cccc(-c2cccc(C(=N)/C=C\C(=N)c3ccccc3)c2)c1. The second kappa shape index (κ2) is 10.1. The van der Waals surface area contributed by atoms with Crippen LogP contribution in [0.15, 0.2) is 91.0 Å². The normalized spacial score (nSPS) is 12.0. The summed E-state index contributed by atoms with van der Waals surface area (Å²) in [4.78, 5) is 0. The monoisotopic (exact) mass is 437 g/mol. The Bertz CT molecular complexity index is 1160. The van der Waals surface area contributed by atoms with Crippen molar-refractivity contribution in [2.75, 3.05) is 0 Å². The van der Waals surface area contributed by atoms with E-state index >= 15 is 0 Å². The van der Waals surface area contributed by atoms with Gasteiger partial charge in [-0.1, -0.05) is 78.3 Å². The maximum absolute atomic E-state index is 10.3. The van der Waals surface area contributed by atoms with Gasteiger partial charge in [0, 0.05) is 0 Å². The Hall–Kier alpha value is -3.28. The van der Waals surface area contributed by atoms with Gasteiger partial charge in [-0.15, -0.1) is 0 Å². The fourth-order valence-corrected chi connectivity index (χ4v) is 2.99. The lowest BCUT2D eigenvalue weighted by Crippen LogP contribution is -2.49. The minimum atomic E-state index is -0.986. The molecule has 0 aliphatic carbocycles. The second-order valence-corrected chi connectivity index (χ2v) is 9.04. The summed E-state index contributed by atoms with van der Waals surface area (Å²) >= 11 is 0. The van der Waals surface area contributed by atoms with E-state index in [1.165, 1.54) is 0 Å². The molecule has 0 bridgehead atoms. The van der Waals surface area contributed by atoms with E-state index in [1.54, 1.807) is 33.5 Å². The quantitative estimate of drug-likeness (QED) is 0.320. The molecule has 0 atom stereocenters. The van der Waals surface area contributed by atoms with Crippen LogP contribution < -0.4 is 5.46 Å². The highest BCUT2D eigenvalue weighted by Crippen LogP contribution is 2.25. The minimum absolute atomic E-state index is 0.343. The number of nitrogens with one attached hydrogen (secondary N) is 2. The van der Waals surface area contributed by atoms with Crippen LogP contribution in [0.3, 0.4) is 0 Å². The van der Waals surface area contributed by atoms with Crippen LogP contribution in [-0.2, 0) is 4.65 Å². The van der Waals surface area contributed by atoms with E-state index < -0.39 is 11.2 Å². The third-order valence-corrected chi connectivity index (χ3v) is 5.86. The zero-order valence-corrected chi connectivity index (χ0v) is 19.6.